The number of hydrogen-bond donors (Lipinski definition) is 0. The van der Waals surface area contributed by atoms with E-state index in [2.05, 4.69) is 15.9 Å². The van der Waals surface area contributed by atoms with Gasteiger partial charge in [0.2, 0.25) is 0 Å². The number of nitrogens with zero attached hydrogens (tertiary/aromatic N) is 1. The standard InChI is InChI=1S/C11H12BrNO2/c1-2-13-7-10(15-11(13)14)8-4-3-5-9(12)6-8/h3-6,10H,2,7H2,1H3. The molecular weight excluding hydrogens is 258 g/mol. The van der Waals surface area contributed by atoms with E-state index >= 15 is 0 Å². The molecule has 0 N–H and O–H groups in total. The summed E-state index contributed by atoms with van der Waals surface area (Å²) in [6.45, 7) is 3.29. The molecule has 0 radical (unpaired) electrons. The second-order valence-corrected chi connectivity index (χ2v) is 4.38. The lowest BCUT2D eigenvalue weighted by Crippen LogP contribution is -2.23. The molecule has 0 spiro atoms. The Kier molecular flexibility index (Phi) is 2.95. The summed E-state index contributed by atoms with van der Waals surface area (Å²) >= 11 is 3.40. The van der Waals surface area contributed by atoms with Crippen LogP contribution in [0.4, 0.5) is 4.79 Å². The zero-order valence-electron chi connectivity index (χ0n) is 8.44. The van der Waals surface area contributed by atoms with Crippen LogP contribution < -0.4 is 0 Å². The zero-order chi connectivity index (χ0) is 10.8. The molecule has 0 aliphatic carbocycles. The summed E-state index contributed by atoms with van der Waals surface area (Å²) in [5.74, 6) is 0. The van der Waals surface area contributed by atoms with Gasteiger partial charge in [-0.1, -0.05) is 28.1 Å². The first kappa shape index (κ1) is 10.5. The lowest BCUT2D eigenvalue weighted by atomic mass is 10.1. The predicted octanol–water partition coefficient (Wildman–Crippen LogP) is 2.96. The van der Waals surface area contributed by atoms with Gasteiger partial charge in [0.15, 0.2) is 0 Å². The molecule has 0 bridgehead atoms. The average molecular weight is 270 g/mol. The number of rotatable bonds is 2. The van der Waals surface area contributed by atoms with E-state index in [1.807, 2.05) is 31.2 Å². The molecule has 1 heterocycles. The summed E-state index contributed by atoms with van der Waals surface area (Å²) in [6.07, 6.45) is -0.350. The smallest absolute Gasteiger partial charge is 0.410 e. The SMILES string of the molecule is CCN1CC(c2cccc(Br)c2)OC1=O. The fourth-order valence-electron chi connectivity index (χ4n) is 1.65. The Balaban J connectivity index is 2.17. The maximum Gasteiger partial charge on any atom is 0.410 e. The number of carbonyl (C=O) groups is 1. The van der Waals surface area contributed by atoms with Crippen LogP contribution in [0.15, 0.2) is 28.7 Å². The van der Waals surface area contributed by atoms with Crippen molar-refractivity contribution in [3.8, 4) is 0 Å². The Morgan fingerprint density at radius 1 is 1.60 bits per heavy atom. The van der Waals surface area contributed by atoms with Crippen molar-refractivity contribution < 1.29 is 9.53 Å². The highest BCUT2D eigenvalue weighted by molar-refractivity contribution is 9.10. The van der Waals surface area contributed by atoms with Gasteiger partial charge in [-0.25, -0.2) is 4.79 Å². The topological polar surface area (TPSA) is 29.5 Å². The molecule has 1 aliphatic rings. The number of halogens is 1. The highest BCUT2D eigenvalue weighted by atomic mass is 79.9. The zero-order valence-corrected chi connectivity index (χ0v) is 10.0. The van der Waals surface area contributed by atoms with Gasteiger partial charge in [0.05, 0.1) is 6.54 Å². The molecule has 0 saturated carbocycles. The first-order chi connectivity index (χ1) is 7.20. The molecule has 4 heteroatoms. The minimum absolute atomic E-state index is 0.130. The van der Waals surface area contributed by atoms with Crippen LogP contribution in [-0.2, 0) is 4.74 Å². The van der Waals surface area contributed by atoms with Crippen molar-refractivity contribution in [2.75, 3.05) is 13.1 Å². The molecule has 3 nitrogen and oxygen atoms in total. The predicted molar refractivity (Wildman–Crippen MR) is 60.6 cm³/mol. The van der Waals surface area contributed by atoms with Crippen molar-refractivity contribution in [2.24, 2.45) is 0 Å². The average Bonchev–Trinajstić information content (AvgIpc) is 2.60. The van der Waals surface area contributed by atoms with E-state index < -0.39 is 0 Å². The van der Waals surface area contributed by atoms with Crippen molar-refractivity contribution in [3.63, 3.8) is 0 Å². The van der Waals surface area contributed by atoms with Gasteiger partial charge in [-0.3, -0.25) is 0 Å². The van der Waals surface area contributed by atoms with E-state index in [4.69, 9.17) is 4.74 Å². The Hall–Kier alpha value is -1.03. The highest BCUT2D eigenvalue weighted by Crippen LogP contribution is 2.27. The Labute approximate surface area is 97.2 Å². The number of cyclic esters (lactones) is 1. The van der Waals surface area contributed by atoms with Crippen LogP contribution in [0, 0.1) is 0 Å². The van der Waals surface area contributed by atoms with E-state index in [1.54, 1.807) is 4.90 Å². The van der Waals surface area contributed by atoms with Crippen LogP contribution in [-0.4, -0.2) is 24.1 Å². The van der Waals surface area contributed by atoms with Crippen LogP contribution in [0.3, 0.4) is 0 Å². The van der Waals surface area contributed by atoms with Crippen molar-refractivity contribution in [1.29, 1.82) is 0 Å². The Bertz CT molecular complexity index is 381. The molecule has 0 aromatic heterocycles. The van der Waals surface area contributed by atoms with Crippen LogP contribution >= 0.6 is 15.9 Å². The summed E-state index contributed by atoms with van der Waals surface area (Å²) < 4.78 is 6.28. The summed E-state index contributed by atoms with van der Waals surface area (Å²) in [6, 6.07) is 7.86. The highest BCUT2D eigenvalue weighted by Gasteiger charge is 2.30. The van der Waals surface area contributed by atoms with E-state index in [0.29, 0.717) is 13.1 Å². The fraction of sp³-hybridized carbons (Fsp3) is 0.364. The Morgan fingerprint density at radius 3 is 3.00 bits per heavy atom. The first-order valence-electron chi connectivity index (χ1n) is 4.91. The van der Waals surface area contributed by atoms with E-state index in [9.17, 15) is 4.79 Å². The van der Waals surface area contributed by atoms with Crippen LogP contribution in [0.2, 0.25) is 0 Å². The largest absolute Gasteiger partial charge is 0.439 e. The maximum atomic E-state index is 11.4. The number of amides is 1. The summed E-state index contributed by atoms with van der Waals surface area (Å²) in [4.78, 5) is 13.1. The number of likely N-dealkylation sites (N-methyl/N-ethyl adjacent to an activating group) is 1. The van der Waals surface area contributed by atoms with E-state index in [0.717, 1.165) is 10.0 Å². The number of hydrogen-bond acceptors (Lipinski definition) is 2. The monoisotopic (exact) mass is 269 g/mol. The fourth-order valence-corrected chi connectivity index (χ4v) is 2.06. The van der Waals surface area contributed by atoms with Gasteiger partial charge in [0.25, 0.3) is 0 Å². The molecule has 1 aromatic carbocycles. The third-order valence-electron chi connectivity index (χ3n) is 2.49. The van der Waals surface area contributed by atoms with Crippen molar-refractivity contribution in [3.05, 3.63) is 34.3 Å². The molecule has 1 unspecified atom stereocenters. The quantitative estimate of drug-likeness (QED) is 0.826. The number of ether oxygens (including phenoxy) is 1. The number of benzene rings is 1. The summed E-state index contributed by atoms with van der Waals surface area (Å²) in [5.41, 5.74) is 1.04. The molecule has 1 fully saturated rings. The van der Waals surface area contributed by atoms with Crippen molar-refractivity contribution >= 4 is 22.0 Å². The molecule has 1 aromatic rings. The van der Waals surface area contributed by atoms with Crippen molar-refractivity contribution in [2.45, 2.75) is 13.0 Å². The molecule has 1 atom stereocenters. The molecule has 15 heavy (non-hydrogen) atoms. The molecule has 2 rings (SSSR count). The van der Waals surface area contributed by atoms with E-state index in [1.165, 1.54) is 0 Å². The van der Waals surface area contributed by atoms with Gasteiger partial charge >= 0.3 is 6.09 Å². The second-order valence-electron chi connectivity index (χ2n) is 3.47. The third-order valence-corrected chi connectivity index (χ3v) is 2.98. The third kappa shape index (κ3) is 2.15. The van der Waals surface area contributed by atoms with Crippen LogP contribution in [0.1, 0.15) is 18.6 Å². The molecule has 80 valence electrons. The van der Waals surface area contributed by atoms with Gasteiger partial charge in [-0.2, -0.15) is 0 Å². The van der Waals surface area contributed by atoms with Gasteiger partial charge in [0.1, 0.15) is 6.10 Å². The molecule has 1 amide bonds. The maximum absolute atomic E-state index is 11.4. The minimum Gasteiger partial charge on any atom is -0.439 e. The second kappa shape index (κ2) is 4.23. The first-order valence-corrected chi connectivity index (χ1v) is 5.71. The van der Waals surface area contributed by atoms with Gasteiger partial charge in [-0.15, -0.1) is 0 Å². The summed E-state index contributed by atoms with van der Waals surface area (Å²) in [7, 11) is 0. The Morgan fingerprint density at radius 2 is 2.40 bits per heavy atom. The number of carbonyl (C=O) groups excluding carboxylic acids is 1. The normalized spacial score (nSPS) is 20.5. The minimum atomic E-state index is -0.220. The van der Waals surface area contributed by atoms with E-state index in [-0.39, 0.29) is 12.2 Å². The van der Waals surface area contributed by atoms with Crippen LogP contribution in [0.5, 0.6) is 0 Å². The summed E-state index contributed by atoms with van der Waals surface area (Å²) in [5, 5.41) is 0. The van der Waals surface area contributed by atoms with Gasteiger partial charge in [0, 0.05) is 11.0 Å². The molecule has 1 saturated heterocycles. The van der Waals surface area contributed by atoms with Gasteiger partial charge in [-0.05, 0) is 24.6 Å². The van der Waals surface area contributed by atoms with Crippen molar-refractivity contribution in [1.82, 2.24) is 4.90 Å². The van der Waals surface area contributed by atoms with Gasteiger partial charge < -0.3 is 9.64 Å². The lowest BCUT2D eigenvalue weighted by molar-refractivity contribution is 0.133. The lowest BCUT2D eigenvalue weighted by Gasteiger charge is -2.09. The molecule has 1 aliphatic heterocycles. The molecular formula is C11H12BrNO2. The van der Waals surface area contributed by atoms with Crippen LogP contribution in [0.25, 0.3) is 0 Å².